The van der Waals surface area contributed by atoms with Gasteiger partial charge in [0.1, 0.15) is 0 Å². The molecule has 1 atom stereocenters. The second-order valence-electron chi connectivity index (χ2n) is 12.8. The molecule has 2 N–H and O–H groups in total. The molecule has 0 unspecified atom stereocenters. The highest BCUT2D eigenvalue weighted by Gasteiger charge is 2.35. The van der Waals surface area contributed by atoms with E-state index in [0.29, 0.717) is 29.3 Å². The van der Waals surface area contributed by atoms with Crippen LogP contribution in [0.3, 0.4) is 0 Å². The summed E-state index contributed by atoms with van der Waals surface area (Å²) in [5, 5.41) is 13.5. The van der Waals surface area contributed by atoms with Crippen LogP contribution in [0.15, 0.2) is 84.9 Å². The van der Waals surface area contributed by atoms with E-state index in [1.54, 1.807) is 0 Å². The number of nitrogens with one attached hydrogen (secondary N) is 1. The number of piperidine rings is 1. The van der Waals surface area contributed by atoms with Crippen LogP contribution in [0.1, 0.15) is 84.1 Å². The number of nitrogens with zero attached hydrogens (tertiary/aromatic N) is 2. The third kappa shape index (κ3) is 7.60. The summed E-state index contributed by atoms with van der Waals surface area (Å²) in [4.78, 5) is 33.0. The van der Waals surface area contributed by atoms with Gasteiger partial charge in [0.25, 0.3) is 5.91 Å². The molecule has 1 saturated heterocycles. The highest BCUT2D eigenvalue weighted by molar-refractivity contribution is 5.95. The van der Waals surface area contributed by atoms with Crippen molar-refractivity contribution < 1.29 is 19.4 Å². The maximum Gasteiger partial charge on any atom is 0.337 e. The van der Waals surface area contributed by atoms with Crippen LogP contribution in [0.4, 0.5) is 5.69 Å². The lowest BCUT2D eigenvalue weighted by Gasteiger charge is -2.38. The van der Waals surface area contributed by atoms with Gasteiger partial charge in [0.05, 0.1) is 11.3 Å². The molecular formula is C38H43N3O4. The lowest BCUT2D eigenvalue weighted by molar-refractivity contribution is -0.160. The number of pyridine rings is 1. The minimum absolute atomic E-state index is 0.155. The molecule has 1 aliphatic rings. The molecule has 0 spiro atoms. The third-order valence-electron chi connectivity index (χ3n) is 8.35. The second-order valence-corrected chi connectivity index (χ2v) is 12.8. The van der Waals surface area contributed by atoms with Gasteiger partial charge in [0.2, 0.25) is 0 Å². The van der Waals surface area contributed by atoms with Crippen LogP contribution in [-0.2, 0) is 16.1 Å². The molecule has 0 aliphatic carbocycles. The molecule has 0 radical (unpaired) electrons. The Morgan fingerprint density at radius 2 is 1.51 bits per heavy atom. The van der Waals surface area contributed by atoms with Crippen molar-refractivity contribution in [3.8, 4) is 11.1 Å². The van der Waals surface area contributed by atoms with E-state index >= 15 is 0 Å². The highest BCUT2D eigenvalue weighted by Crippen LogP contribution is 2.44. The number of amides is 1. The molecule has 1 amide bonds. The molecule has 4 aromatic rings. The lowest BCUT2D eigenvalue weighted by atomic mass is 9.87. The van der Waals surface area contributed by atoms with Gasteiger partial charge in [0, 0.05) is 47.7 Å². The fourth-order valence-corrected chi connectivity index (χ4v) is 6.25. The average Bonchev–Trinajstić information content (AvgIpc) is 3.03. The van der Waals surface area contributed by atoms with Gasteiger partial charge in [-0.05, 0) is 82.2 Å². The van der Waals surface area contributed by atoms with Crippen molar-refractivity contribution in [2.45, 2.75) is 71.6 Å². The topological polar surface area (TPSA) is 91.8 Å². The summed E-state index contributed by atoms with van der Waals surface area (Å²) in [6, 6.07) is 27.9. The molecule has 7 nitrogen and oxygen atoms in total. The first-order valence-electron chi connectivity index (χ1n) is 15.7. The molecule has 5 rings (SSSR count). The van der Waals surface area contributed by atoms with Crippen molar-refractivity contribution in [2.75, 3.05) is 18.0 Å². The largest absolute Gasteiger partial charge is 0.479 e. The monoisotopic (exact) mass is 605 g/mol. The summed E-state index contributed by atoms with van der Waals surface area (Å²) in [6.45, 7) is 11.4. The summed E-state index contributed by atoms with van der Waals surface area (Å²) in [6.07, 6.45) is 0.699. The van der Waals surface area contributed by atoms with Gasteiger partial charge in [-0.15, -0.1) is 0 Å². The standard InChI is InChI=1S/C38H43N3O4/c1-25-32(30-16-18-31(19-17-30)36(42)39-24-27-12-8-6-9-13-27)34(33(26(2)40-25)35(37(43)44)45-38(3,4)5)41-22-20-29(21-23-41)28-14-10-7-11-15-28/h6-19,29,35H,20-24H2,1-5H3,(H,39,42)(H,43,44)/t35-/m0/s1. The molecule has 3 aromatic carbocycles. The number of carboxylic acid groups (broad SMARTS) is 1. The second kappa shape index (κ2) is 13.7. The molecular weight excluding hydrogens is 562 g/mol. The number of aryl methyl sites for hydroxylation is 2. The normalized spacial score (nSPS) is 14.6. The van der Waals surface area contributed by atoms with Gasteiger partial charge in [-0.25, -0.2) is 4.79 Å². The smallest absolute Gasteiger partial charge is 0.337 e. The number of hydrogen-bond donors (Lipinski definition) is 2. The summed E-state index contributed by atoms with van der Waals surface area (Å²) in [5.41, 5.74) is 6.86. The molecule has 0 saturated carbocycles. The van der Waals surface area contributed by atoms with Gasteiger partial charge in [-0.1, -0.05) is 72.8 Å². The molecule has 7 heteroatoms. The van der Waals surface area contributed by atoms with Crippen molar-refractivity contribution in [1.82, 2.24) is 10.3 Å². The molecule has 1 aromatic heterocycles. The number of anilines is 1. The Morgan fingerprint density at radius 3 is 2.09 bits per heavy atom. The van der Waals surface area contributed by atoms with E-state index in [1.807, 2.05) is 95.3 Å². The van der Waals surface area contributed by atoms with Crippen LogP contribution >= 0.6 is 0 Å². The Morgan fingerprint density at radius 1 is 0.911 bits per heavy atom. The highest BCUT2D eigenvalue weighted by atomic mass is 16.5. The zero-order chi connectivity index (χ0) is 32.1. The first-order chi connectivity index (χ1) is 21.5. The summed E-state index contributed by atoms with van der Waals surface area (Å²) >= 11 is 0. The van der Waals surface area contributed by atoms with Crippen molar-refractivity contribution in [3.63, 3.8) is 0 Å². The summed E-state index contributed by atoms with van der Waals surface area (Å²) in [5.74, 6) is -0.763. The minimum atomic E-state index is -1.19. The van der Waals surface area contributed by atoms with Crippen molar-refractivity contribution in [2.24, 2.45) is 0 Å². The Bertz CT molecular complexity index is 1620. The molecule has 1 fully saturated rings. The van der Waals surface area contributed by atoms with Crippen LogP contribution < -0.4 is 10.2 Å². The third-order valence-corrected chi connectivity index (χ3v) is 8.35. The summed E-state index contributed by atoms with van der Waals surface area (Å²) in [7, 11) is 0. The average molecular weight is 606 g/mol. The fourth-order valence-electron chi connectivity index (χ4n) is 6.25. The first kappa shape index (κ1) is 31.9. The van der Waals surface area contributed by atoms with Crippen molar-refractivity contribution >= 4 is 17.6 Å². The van der Waals surface area contributed by atoms with E-state index in [-0.39, 0.29) is 5.91 Å². The number of ether oxygens (including phenoxy) is 1. The van der Waals surface area contributed by atoms with Crippen LogP contribution in [0, 0.1) is 13.8 Å². The van der Waals surface area contributed by atoms with E-state index in [0.717, 1.165) is 54.0 Å². The van der Waals surface area contributed by atoms with E-state index < -0.39 is 17.7 Å². The van der Waals surface area contributed by atoms with E-state index in [9.17, 15) is 14.7 Å². The predicted molar refractivity (Wildman–Crippen MR) is 179 cm³/mol. The maximum absolute atomic E-state index is 13.0. The van der Waals surface area contributed by atoms with Crippen LogP contribution in [-0.4, -0.2) is 40.7 Å². The number of benzene rings is 3. The van der Waals surface area contributed by atoms with E-state index in [4.69, 9.17) is 9.72 Å². The Balaban J connectivity index is 1.53. The number of aliphatic carboxylic acids is 1. The Labute approximate surface area is 266 Å². The first-order valence-corrected chi connectivity index (χ1v) is 15.7. The quantitative estimate of drug-likeness (QED) is 0.204. The fraction of sp³-hybridized carbons (Fsp3) is 0.342. The molecule has 1 aliphatic heterocycles. The Hall–Kier alpha value is -4.49. The number of aromatic nitrogens is 1. The van der Waals surface area contributed by atoms with Crippen molar-refractivity contribution in [1.29, 1.82) is 0 Å². The molecule has 0 bridgehead atoms. The molecule has 45 heavy (non-hydrogen) atoms. The molecule has 2 heterocycles. The SMILES string of the molecule is Cc1nc(C)c([C@H](OC(C)(C)C)C(=O)O)c(N2CCC(c3ccccc3)CC2)c1-c1ccc(C(=O)NCc2ccccc2)cc1. The van der Waals surface area contributed by atoms with Gasteiger partial charge >= 0.3 is 5.97 Å². The number of carboxylic acids is 1. The number of carbonyl (C=O) groups is 2. The lowest BCUT2D eigenvalue weighted by Crippen LogP contribution is -2.36. The van der Waals surface area contributed by atoms with Crippen LogP contribution in [0.25, 0.3) is 11.1 Å². The van der Waals surface area contributed by atoms with E-state index in [1.165, 1.54) is 5.56 Å². The summed E-state index contributed by atoms with van der Waals surface area (Å²) < 4.78 is 6.21. The predicted octanol–water partition coefficient (Wildman–Crippen LogP) is 7.62. The minimum Gasteiger partial charge on any atom is -0.479 e. The molecule has 234 valence electrons. The van der Waals surface area contributed by atoms with Gasteiger partial charge in [-0.3, -0.25) is 9.78 Å². The number of hydrogen-bond acceptors (Lipinski definition) is 5. The van der Waals surface area contributed by atoms with E-state index in [2.05, 4.69) is 34.5 Å². The number of carbonyl (C=O) groups excluding carboxylic acids is 1. The van der Waals surface area contributed by atoms with Gasteiger partial charge in [0.15, 0.2) is 6.10 Å². The maximum atomic E-state index is 13.0. The zero-order valence-electron chi connectivity index (χ0n) is 26.8. The van der Waals surface area contributed by atoms with Crippen LogP contribution in [0.5, 0.6) is 0 Å². The van der Waals surface area contributed by atoms with Crippen LogP contribution in [0.2, 0.25) is 0 Å². The van der Waals surface area contributed by atoms with Gasteiger partial charge < -0.3 is 20.1 Å². The van der Waals surface area contributed by atoms with Crippen molar-refractivity contribution in [3.05, 3.63) is 119 Å². The zero-order valence-corrected chi connectivity index (χ0v) is 26.8. The Kier molecular flexibility index (Phi) is 9.68. The number of rotatable bonds is 9. The van der Waals surface area contributed by atoms with Gasteiger partial charge in [-0.2, -0.15) is 0 Å².